The number of carbonyl (C=O) groups is 3. The summed E-state index contributed by atoms with van der Waals surface area (Å²) in [7, 11) is 3.12. The Morgan fingerprint density at radius 3 is 1.27 bits per heavy atom. The summed E-state index contributed by atoms with van der Waals surface area (Å²) in [6, 6.07) is 13.6. The summed E-state index contributed by atoms with van der Waals surface area (Å²) in [5.41, 5.74) is 1.10. The van der Waals surface area contributed by atoms with Crippen molar-refractivity contribution in [3.8, 4) is 11.5 Å². The van der Waals surface area contributed by atoms with Crippen LogP contribution in [0.5, 0.6) is 11.5 Å². The molecule has 0 atom stereocenters. The van der Waals surface area contributed by atoms with Gasteiger partial charge in [-0.3, -0.25) is 14.4 Å². The van der Waals surface area contributed by atoms with Gasteiger partial charge < -0.3 is 9.47 Å². The molecular formula is C21H22O5. The number of rotatable bonds is 10. The van der Waals surface area contributed by atoms with E-state index < -0.39 is 0 Å². The molecule has 5 heteroatoms. The van der Waals surface area contributed by atoms with Crippen LogP contribution in [-0.2, 0) is 4.79 Å². The summed E-state index contributed by atoms with van der Waals surface area (Å²) in [6.45, 7) is 0. The van der Waals surface area contributed by atoms with Crippen molar-refractivity contribution in [1.82, 2.24) is 0 Å². The highest BCUT2D eigenvalue weighted by Crippen LogP contribution is 2.15. The number of ether oxygens (including phenoxy) is 2. The van der Waals surface area contributed by atoms with Gasteiger partial charge in [-0.2, -0.15) is 0 Å². The summed E-state index contributed by atoms with van der Waals surface area (Å²) >= 11 is 0. The molecule has 0 aliphatic rings. The standard InChI is InChI=1S/C21H22O5/c1-25-18-9-3-15(4-10-18)20(23)13-7-17(22)8-14-21(24)16-5-11-19(26-2)12-6-16/h3-6,9-12H,7-8,13-14H2,1-2H3. The Morgan fingerprint density at radius 1 is 0.615 bits per heavy atom. The first-order valence-electron chi connectivity index (χ1n) is 8.39. The molecule has 0 spiro atoms. The molecule has 0 saturated carbocycles. The SMILES string of the molecule is COc1ccc(C(=O)CCC(=O)CCC(=O)c2ccc(OC)cc2)cc1. The van der Waals surface area contributed by atoms with Crippen LogP contribution in [0, 0.1) is 0 Å². The van der Waals surface area contributed by atoms with Gasteiger partial charge >= 0.3 is 0 Å². The first-order chi connectivity index (χ1) is 12.5. The molecule has 2 aromatic carbocycles. The van der Waals surface area contributed by atoms with E-state index in [4.69, 9.17) is 9.47 Å². The molecule has 26 heavy (non-hydrogen) atoms. The molecule has 5 nitrogen and oxygen atoms in total. The Balaban J connectivity index is 1.77. The quantitative estimate of drug-likeness (QED) is 0.605. The van der Waals surface area contributed by atoms with Crippen molar-refractivity contribution < 1.29 is 23.9 Å². The van der Waals surface area contributed by atoms with Gasteiger partial charge in [-0.25, -0.2) is 0 Å². The Morgan fingerprint density at radius 2 is 0.962 bits per heavy atom. The molecule has 0 N–H and O–H groups in total. The van der Waals surface area contributed by atoms with Gasteiger partial charge in [0.2, 0.25) is 0 Å². The summed E-state index contributed by atoms with van der Waals surface area (Å²) in [4.78, 5) is 36.2. The molecule has 0 saturated heterocycles. The monoisotopic (exact) mass is 354 g/mol. The summed E-state index contributed by atoms with van der Waals surface area (Å²) in [6.07, 6.45) is 0.561. The molecule has 0 heterocycles. The maximum absolute atomic E-state index is 12.1. The third kappa shape index (κ3) is 5.55. The van der Waals surface area contributed by atoms with Gasteiger partial charge in [-0.05, 0) is 48.5 Å². The minimum absolute atomic E-state index is 0.0891. The van der Waals surface area contributed by atoms with Crippen LogP contribution in [-0.4, -0.2) is 31.6 Å². The van der Waals surface area contributed by atoms with Gasteiger partial charge in [0, 0.05) is 36.8 Å². The van der Waals surface area contributed by atoms with E-state index in [-0.39, 0.29) is 43.0 Å². The van der Waals surface area contributed by atoms with Crippen LogP contribution in [0.3, 0.4) is 0 Å². The molecule has 2 aromatic rings. The first kappa shape index (κ1) is 19.4. The third-order valence-electron chi connectivity index (χ3n) is 4.09. The van der Waals surface area contributed by atoms with E-state index in [2.05, 4.69) is 0 Å². The van der Waals surface area contributed by atoms with Gasteiger partial charge in [0.05, 0.1) is 14.2 Å². The molecule has 0 bridgehead atoms. The molecule has 2 rings (SSSR count). The Hall–Kier alpha value is -2.95. The van der Waals surface area contributed by atoms with Crippen molar-refractivity contribution in [2.75, 3.05) is 14.2 Å². The summed E-state index contributed by atoms with van der Waals surface area (Å²) < 4.78 is 10.1. The average Bonchev–Trinajstić information content (AvgIpc) is 2.70. The summed E-state index contributed by atoms with van der Waals surface area (Å²) in [5.74, 6) is 1.07. The molecule has 136 valence electrons. The highest BCUT2D eigenvalue weighted by atomic mass is 16.5. The second-order valence-electron chi connectivity index (χ2n) is 5.84. The van der Waals surface area contributed by atoms with Crippen LogP contribution < -0.4 is 9.47 Å². The van der Waals surface area contributed by atoms with E-state index in [0.717, 1.165) is 0 Å². The highest BCUT2D eigenvalue weighted by molar-refractivity contribution is 6.00. The lowest BCUT2D eigenvalue weighted by atomic mass is 10.0. The van der Waals surface area contributed by atoms with E-state index >= 15 is 0 Å². The number of carbonyl (C=O) groups excluding carboxylic acids is 3. The lowest BCUT2D eigenvalue weighted by Crippen LogP contribution is -2.07. The molecule has 0 fully saturated rings. The summed E-state index contributed by atoms with van der Waals surface area (Å²) in [5, 5.41) is 0. The number of Topliss-reactive ketones (excluding diaryl/α,β-unsaturated/α-hetero) is 3. The molecule has 0 aliphatic heterocycles. The number of methoxy groups -OCH3 is 2. The molecule has 0 aromatic heterocycles. The van der Waals surface area contributed by atoms with E-state index in [1.807, 2.05) is 0 Å². The zero-order chi connectivity index (χ0) is 18.9. The largest absolute Gasteiger partial charge is 0.497 e. The third-order valence-corrected chi connectivity index (χ3v) is 4.09. The van der Waals surface area contributed by atoms with Crippen molar-refractivity contribution in [2.45, 2.75) is 25.7 Å². The molecular weight excluding hydrogens is 332 g/mol. The fraction of sp³-hybridized carbons (Fsp3) is 0.286. The average molecular weight is 354 g/mol. The van der Waals surface area contributed by atoms with Crippen LogP contribution in [0.15, 0.2) is 48.5 Å². The predicted molar refractivity (Wildman–Crippen MR) is 98.1 cm³/mol. The van der Waals surface area contributed by atoms with Crippen molar-refractivity contribution in [2.24, 2.45) is 0 Å². The van der Waals surface area contributed by atoms with Gasteiger partial charge in [-0.15, -0.1) is 0 Å². The maximum atomic E-state index is 12.1. The molecule has 0 aliphatic carbocycles. The predicted octanol–water partition coefficient (Wildman–Crippen LogP) is 3.90. The Bertz CT molecular complexity index is 694. The van der Waals surface area contributed by atoms with Gasteiger partial charge in [-0.1, -0.05) is 0 Å². The van der Waals surface area contributed by atoms with Gasteiger partial charge in [0.1, 0.15) is 17.3 Å². The second kappa shape index (κ2) is 9.51. The molecule has 0 radical (unpaired) electrons. The smallest absolute Gasteiger partial charge is 0.163 e. The zero-order valence-electron chi connectivity index (χ0n) is 15.0. The lowest BCUT2D eigenvalue weighted by molar-refractivity contribution is -0.119. The van der Waals surface area contributed by atoms with Crippen molar-refractivity contribution >= 4 is 17.3 Å². The van der Waals surface area contributed by atoms with Crippen LogP contribution >= 0.6 is 0 Å². The Kier molecular flexibility index (Phi) is 7.09. The number of hydrogen-bond donors (Lipinski definition) is 0. The van der Waals surface area contributed by atoms with Crippen LogP contribution in [0.2, 0.25) is 0 Å². The van der Waals surface area contributed by atoms with Crippen molar-refractivity contribution in [3.63, 3.8) is 0 Å². The number of hydrogen-bond acceptors (Lipinski definition) is 5. The van der Waals surface area contributed by atoms with E-state index in [0.29, 0.717) is 22.6 Å². The van der Waals surface area contributed by atoms with Gasteiger partial charge in [0.25, 0.3) is 0 Å². The van der Waals surface area contributed by atoms with E-state index in [1.165, 1.54) is 0 Å². The normalized spacial score (nSPS) is 10.2. The topological polar surface area (TPSA) is 69.7 Å². The zero-order valence-corrected chi connectivity index (χ0v) is 15.0. The maximum Gasteiger partial charge on any atom is 0.163 e. The highest BCUT2D eigenvalue weighted by Gasteiger charge is 2.12. The van der Waals surface area contributed by atoms with Crippen molar-refractivity contribution in [3.05, 3.63) is 59.7 Å². The Labute approximate surface area is 152 Å². The molecule has 0 unspecified atom stereocenters. The van der Waals surface area contributed by atoms with E-state index in [1.54, 1.807) is 62.8 Å². The second-order valence-corrected chi connectivity index (χ2v) is 5.84. The van der Waals surface area contributed by atoms with Crippen LogP contribution in [0.25, 0.3) is 0 Å². The molecule has 0 amide bonds. The van der Waals surface area contributed by atoms with Crippen LogP contribution in [0.4, 0.5) is 0 Å². The van der Waals surface area contributed by atoms with Crippen molar-refractivity contribution in [1.29, 1.82) is 0 Å². The minimum atomic E-state index is -0.0949. The fourth-order valence-electron chi connectivity index (χ4n) is 2.47. The lowest BCUT2D eigenvalue weighted by Gasteiger charge is -2.04. The fourth-order valence-corrected chi connectivity index (χ4v) is 2.47. The van der Waals surface area contributed by atoms with Gasteiger partial charge in [0.15, 0.2) is 11.6 Å². The van der Waals surface area contributed by atoms with Crippen LogP contribution in [0.1, 0.15) is 46.4 Å². The van der Waals surface area contributed by atoms with E-state index in [9.17, 15) is 14.4 Å². The first-order valence-corrected chi connectivity index (χ1v) is 8.39. The number of ketones is 3. The minimum Gasteiger partial charge on any atom is -0.497 e. The number of benzene rings is 2.